The van der Waals surface area contributed by atoms with E-state index >= 15 is 0 Å². The van der Waals surface area contributed by atoms with Crippen LogP contribution in [-0.2, 0) is 10.0 Å². The van der Waals surface area contributed by atoms with E-state index < -0.39 is 10.0 Å². The van der Waals surface area contributed by atoms with Crippen molar-refractivity contribution in [1.29, 1.82) is 0 Å². The molecule has 1 unspecified atom stereocenters. The molecule has 1 rings (SSSR count). The molecule has 1 aromatic carbocycles. The van der Waals surface area contributed by atoms with E-state index in [1.165, 1.54) is 0 Å². The molecule has 5 heteroatoms. The Labute approximate surface area is 109 Å². The molecule has 0 aromatic heterocycles. The lowest BCUT2D eigenvalue weighted by Crippen LogP contribution is -2.24. The number of rotatable bonds is 6. The molecule has 0 fully saturated rings. The normalized spacial score (nSPS) is 12.7. The molecule has 0 heterocycles. The standard InChI is InChI=1S/C13H18N2O2S/c1-4-10-14-18(16,17)13-8-6-12(7-9-13)15-11(3)5-2/h2,6-9,11,14-15H,4,10H2,1,3H3. The predicted molar refractivity (Wildman–Crippen MR) is 73.8 cm³/mol. The highest BCUT2D eigenvalue weighted by Crippen LogP contribution is 2.14. The molecule has 0 bridgehead atoms. The fourth-order valence-corrected chi connectivity index (χ4v) is 2.48. The van der Waals surface area contributed by atoms with Crippen molar-refractivity contribution in [2.75, 3.05) is 11.9 Å². The minimum atomic E-state index is -3.39. The van der Waals surface area contributed by atoms with Crippen LogP contribution in [0.3, 0.4) is 0 Å². The van der Waals surface area contributed by atoms with Gasteiger partial charge in [0.15, 0.2) is 0 Å². The van der Waals surface area contributed by atoms with E-state index in [0.29, 0.717) is 6.54 Å². The number of anilines is 1. The Morgan fingerprint density at radius 1 is 1.33 bits per heavy atom. The van der Waals surface area contributed by atoms with Crippen molar-refractivity contribution in [3.8, 4) is 12.3 Å². The summed E-state index contributed by atoms with van der Waals surface area (Å²) in [4.78, 5) is 0.259. The lowest BCUT2D eigenvalue weighted by molar-refractivity contribution is 0.581. The fourth-order valence-electron chi connectivity index (χ4n) is 1.34. The van der Waals surface area contributed by atoms with Crippen molar-refractivity contribution in [3.63, 3.8) is 0 Å². The third kappa shape index (κ3) is 4.06. The monoisotopic (exact) mass is 266 g/mol. The fraction of sp³-hybridized carbons (Fsp3) is 0.385. The van der Waals surface area contributed by atoms with E-state index in [2.05, 4.69) is 16.0 Å². The number of hydrogen-bond acceptors (Lipinski definition) is 3. The Morgan fingerprint density at radius 3 is 2.44 bits per heavy atom. The molecular weight excluding hydrogens is 248 g/mol. The Kier molecular flexibility index (Phi) is 5.20. The Hall–Kier alpha value is -1.51. The summed E-state index contributed by atoms with van der Waals surface area (Å²) in [5, 5.41) is 3.06. The summed E-state index contributed by atoms with van der Waals surface area (Å²) in [6, 6.07) is 6.43. The van der Waals surface area contributed by atoms with Crippen LogP contribution in [0.15, 0.2) is 29.2 Å². The molecule has 0 aliphatic carbocycles. The number of benzene rings is 1. The van der Waals surface area contributed by atoms with Gasteiger partial charge in [-0.25, -0.2) is 13.1 Å². The summed E-state index contributed by atoms with van der Waals surface area (Å²) in [6.07, 6.45) is 6.02. The molecule has 0 aliphatic heterocycles. The summed E-state index contributed by atoms with van der Waals surface area (Å²) in [5.74, 6) is 2.54. The van der Waals surface area contributed by atoms with Crippen LogP contribution >= 0.6 is 0 Å². The molecule has 0 amide bonds. The zero-order valence-electron chi connectivity index (χ0n) is 10.6. The molecule has 0 radical (unpaired) electrons. The van der Waals surface area contributed by atoms with Crippen molar-refractivity contribution >= 4 is 15.7 Å². The van der Waals surface area contributed by atoms with Crippen molar-refractivity contribution in [1.82, 2.24) is 4.72 Å². The van der Waals surface area contributed by atoms with E-state index in [4.69, 9.17) is 6.42 Å². The molecule has 0 saturated heterocycles. The molecule has 98 valence electrons. The second kappa shape index (κ2) is 6.43. The number of nitrogens with one attached hydrogen (secondary N) is 2. The van der Waals surface area contributed by atoms with Crippen LogP contribution in [-0.4, -0.2) is 21.0 Å². The van der Waals surface area contributed by atoms with Crippen molar-refractivity contribution < 1.29 is 8.42 Å². The Balaban J connectivity index is 2.80. The maximum Gasteiger partial charge on any atom is 0.240 e. The largest absolute Gasteiger partial charge is 0.372 e. The van der Waals surface area contributed by atoms with Crippen molar-refractivity contribution in [3.05, 3.63) is 24.3 Å². The average Bonchev–Trinajstić information content (AvgIpc) is 2.37. The summed E-state index contributed by atoms with van der Waals surface area (Å²) in [7, 11) is -3.39. The van der Waals surface area contributed by atoms with Crippen LogP contribution in [0.2, 0.25) is 0 Å². The van der Waals surface area contributed by atoms with Gasteiger partial charge in [0.2, 0.25) is 10.0 Å². The molecule has 4 nitrogen and oxygen atoms in total. The molecule has 0 spiro atoms. The first-order chi connectivity index (χ1) is 8.49. The minimum Gasteiger partial charge on any atom is -0.372 e. The van der Waals surface area contributed by atoms with Crippen LogP contribution in [0, 0.1) is 12.3 Å². The molecule has 18 heavy (non-hydrogen) atoms. The zero-order valence-corrected chi connectivity index (χ0v) is 11.4. The summed E-state index contributed by atoms with van der Waals surface area (Å²) >= 11 is 0. The molecule has 1 aromatic rings. The zero-order chi connectivity index (χ0) is 13.6. The van der Waals surface area contributed by atoms with Gasteiger partial charge in [-0.3, -0.25) is 0 Å². The van der Waals surface area contributed by atoms with Crippen molar-refractivity contribution in [2.24, 2.45) is 0 Å². The number of sulfonamides is 1. The highest BCUT2D eigenvalue weighted by atomic mass is 32.2. The SMILES string of the molecule is C#CC(C)Nc1ccc(S(=O)(=O)NCCC)cc1. The van der Waals surface area contributed by atoms with Gasteiger partial charge >= 0.3 is 0 Å². The predicted octanol–water partition coefficient (Wildman–Crippen LogP) is 1.81. The highest BCUT2D eigenvalue weighted by Gasteiger charge is 2.12. The first-order valence-electron chi connectivity index (χ1n) is 5.82. The van der Waals surface area contributed by atoms with Gasteiger partial charge in [0, 0.05) is 12.2 Å². The highest BCUT2D eigenvalue weighted by molar-refractivity contribution is 7.89. The Morgan fingerprint density at radius 2 is 1.94 bits per heavy atom. The number of terminal acetylenes is 1. The Bertz CT molecular complexity index is 515. The van der Waals surface area contributed by atoms with E-state index in [9.17, 15) is 8.42 Å². The third-order valence-corrected chi connectivity index (χ3v) is 3.82. The summed E-state index contributed by atoms with van der Waals surface area (Å²) in [5.41, 5.74) is 0.801. The lowest BCUT2D eigenvalue weighted by Gasteiger charge is -2.10. The summed E-state index contributed by atoms with van der Waals surface area (Å²) < 4.78 is 26.1. The molecule has 2 N–H and O–H groups in total. The van der Waals surface area contributed by atoms with E-state index in [1.807, 2.05) is 13.8 Å². The molecule has 0 saturated carbocycles. The second-order valence-corrected chi connectivity index (χ2v) is 5.72. The molecular formula is C13H18N2O2S. The van der Waals surface area contributed by atoms with Crippen molar-refractivity contribution in [2.45, 2.75) is 31.2 Å². The van der Waals surface area contributed by atoms with E-state index in [1.54, 1.807) is 24.3 Å². The van der Waals surface area contributed by atoms with Gasteiger partial charge in [-0.15, -0.1) is 6.42 Å². The van der Waals surface area contributed by atoms with Crippen LogP contribution in [0.1, 0.15) is 20.3 Å². The van der Waals surface area contributed by atoms with Gasteiger partial charge in [-0.05, 0) is 37.6 Å². The van der Waals surface area contributed by atoms with E-state index in [-0.39, 0.29) is 10.9 Å². The van der Waals surface area contributed by atoms with Gasteiger partial charge in [-0.2, -0.15) is 0 Å². The average molecular weight is 266 g/mol. The van der Waals surface area contributed by atoms with Crippen LogP contribution in [0.25, 0.3) is 0 Å². The third-order valence-electron chi connectivity index (χ3n) is 2.34. The lowest BCUT2D eigenvalue weighted by atomic mass is 10.3. The first-order valence-corrected chi connectivity index (χ1v) is 7.30. The second-order valence-electron chi connectivity index (χ2n) is 3.95. The quantitative estimate of drug-likeness (QED) is 0.772. The molecule has 1 atom stereocenters. The van der Waals surface area contributed by atoms with Gasteiger partial charge in [-0.1, -0.05) is 12.8 Å². The van der Waals surface area contributed by atoms with Gasteiger partial charge in [0.05, 0.1) is 10.9 Å². The topological polar surface area (TPSA) is 58.2 Å². The van der Waals surface area contributed by atoms with Gasteiger partial charge in [0.1, 0.15) is 0 Å². The summed E-state index contributed by atoms with van der Waals surface area (Å²) in [6.45, 7) is 4.21. The van der Waals surface area contributed by atoms with Crippen LogP contribution in [0.4, 0.5) is 5.69 Å². The van der Waals surface area contributed by atoms with Gasteiger partial charge in [0.25, 0.3) is 0 Å². The van der Waals surface area contributed by atoms with Crippen LogP contribution in [0.5, 0.6) is 0 Å². The molecule has 0 aliphatic rings. The maximum absolute atomic E-state index is 11.8. The number of hydrogen-bond donors (Lipinski definition) is 2. The smallest absolute Gasteiger partial charge is 0.240 e. The van der Waals surface area contributed by atoms with Gasteiger partial charge < -0.3 is 5.32 Å². The van der Waals surface area contributed by atoms with E-state index in [0.717, 1.165) is 12.1 Å². The minimum absolute atomic E-state index is 0.0920. The first kappa shape index (κ1) is 14.6. The van der Waals surface area contributed by atoms with Crippen LogP contribution < -0.4 is 10.0 Å². The maximum atomic E-state index is 11.8.